The van der Waals surface area contributed by atoms with E-state index in [0.29, 0.717) is 35.1 Å². The van der Waals surface area contributed by atoms with E-state index in [9.17, 15) is 31.1 Å². The first kappa shape index (κ1) is 22.6. The average Bonchev–Trinajstić information content (AvgIpc) is 3.15. The number of thiazole rings is 1. The molecule has 3 aromatic rings. The molecule has 0 unspecified atom stereocenters. The second kappa shape index (κ2) is 8.58. The highest BCUT2D eigenvalue weighted by Crippen LogP contribution is 2.36. The Bertz CT molecular complexity index is 1060. The summed E-state index contributed by atoms with van der Waals surface area (Å²) in [7, 11) is 0. The first-order chi connectivity index (χ1) is 14.5. The van der Waals surface area contributed by atoms with Crippen LogP contribution in [0.5, 0.6) is 0 Å². The van der Waals surface area contributed by atoms with Crippen LogP contribution in [0.4, 0.5) is 37.2 Å². The van der Waals surface area contributed by atoms with Gasteiger partial charge in [-0.05, 0) is 37.3 Å². The van der Waals surface area contributed by atoms with Gasteiger partial charge in [-0.1, -0.05) is 12.1 Å². The highest BCUT2D eigenvalue weighted by atomic mass is 32.1. The van der Waals surface area contributed by atoms with Gasteiger partial charge in [0.25, 0.3) is 5.91 Å². The third-order valence-electron chi connectivity index (χ3n) is 4.10. The summed E-state index contributed by atoms with van der Waals surface area (Å²) in [6, 6.07) is 7.05. The van der Waals surface area contributed by atoms with Gasteiger partial charge in [0.2, 0.25) is 0 Å². The molecule has 4 nitrogen and oxygen atoms in total. The quantitative estimate of drug-likeness (QED) is 0.427. The minimum atomic E-state index is -5.04. The Kier molecular flexibility index (Phi) is 6.25. The molecule has 11 heteroatoms. The minimum absolute atomic E-state index is 0.0262. The number of carbonyl (C=O) groups excluding carboxylic acids is 1. The molecule has 0 fully saturated rings. The molecule has 0 aliphatic carbocycles. The third kappa shape index (κ3) is 5.54. The molecule has 0 saturated carbocycles. The van der Waals surface area contributed by atoms with Crippen LogP contribution < -0.4 is 10.6 Å². The lowest BCUT2D eigenvalue weighted by Gasteiger charge is -2.14. The number of carbonyl (C=O) groups is 1. The Morgan fingerprint density at radius 3 is 2.23 bits per heavy atom. The molecule has 2 aromatic carbocycles. The summed E-state index contributed by atoms with van der Waals surface area (Å²) in [6.45, 7) is 2.59. The van der Waals surface area contributed by atoms with Crippen molar-refractivity contribution >= 4 is 28.1 Å². The molecule has 1 amide bonds. The monoisotopic (exact) mass is 459 g/mol. The molecule has 1 aromatic heterocycles. The molecule has 0 spiro atoms. The van der Waals surface area contributed by atoms with Crippen molar-refractivity contribution in [2.24, 2.45) is 0 Å². The summed E-state index contributed by atoms with van der Waals surface area (Å²) in [5.41, 5.74) is -2.44. The van der Waals surface area contributed by atoms with Crippen LogP contribution in [0.15, 0.2) is 47.8 Å². The van der Waals surface area contributed by atoms with Crippen molar-refractivity contribution in [1.29, 1.82) is 0 Å². The normalized spacial score (nSPS) is 12.0. The number of nitrogens with one attached hydrogen (secondary N) is 2. The lowest BCUT2D eigenvalue weighted by molar-refractivity contribution is -0.143. The Balaban J connectivity index is 1.89. The van der Waals surface area contributed by atoms with Crippen LogP contribution in [0.1, 0.15) is 28.4 Å². The van der Waals surface area contributed by atoms with E-state index in [2.05, 4.69) is 15.6 Å². The van der Waals surface area contributed by atoms with E-state index in [1.54, 1.807) is 17.5 Å². The van der Waals surface area contributed by atoms with E-state index in [1.807, 2.05) is 6.92 Å². The van der Waals surface area contributed by atoms with E-state index in [4.69, 9.17) is 0 Å². The van der Waals surface area contributed by atoms with Crippen molar-refractivity contribution < 1.29 is 31.1 Å². The molecular formula is C20H15F6N3OS. The van der Waals surface area contributed by atoms with Gasteiger partial charge >= 0.3 is 12.4 Å². The van der Waals surface area contributed by atoms with Crippen LogP contribution in [-0.4, -0.2) is 17.4 Å². The van der Waals surface area contributed by atoms with Crippen LogP contribution >= 0.6 is 11.3 Å². The van der Waals surface area contributed by atoms with Crippen LogP contribution in [0.2, 0.25) is 0 Å². The topological polar surface area (TPSA) is 54.0 Å². The van der Waals surface area contributed by atoms with Gasteiger partial charge in [-0.25, -0.2) is 4.98 Å². The van der Waals surface area contributed by atoms with Gasteiger partial charge in [0, 0.05) is 28.7 Å². The molecule has 0 aliphatic rings. The van der Waals surface area contributed by atoms with Gasteiger partial charge < -0.3 is 10.6 Å². The summed E-state index contributed by atoms with van der Waals surface area (Å²) in [5.74, 6) is -1.10. The number of rotatable bonds is 5. The smallest absolute Gasteiger partial charge is 0.362 e. The standard InChI is InChI=1S/C20H15F6N3OS/c1-2-27-18-29-16(10-31-18)11-4-3-5-15(8-11)28-17(30)12-6-13(19(21,22)23)9-14(7-12)20(24,25)26/h3-10H,2H2,1H3,(H,27,29)(H,28,30). The molecule has 164 valence electrons. The summed E-state index contributed by atoms with van der Waals surface area (Å²) in [6.07, 6.45) is -10.1. The molecule has 0 aliphatic heterocycles. The molecule has 0 radical (unpaired) electrons. The fourth-order valence-electron chi connectivity index (χ4n) is 2.68. The number of anilines is 2. The van der Waals surface area contributed by atoms with Crippen molar-refractivity contribution in [2.45, 2.75) is 19.3 Å². The van der Waals surface area contributed by atoms with Gasteiger partial charge in [0.05, 0.1) is 16.8 Å². The van der Waals surface area contributed by atoms with E-state index in [1.165, 1.54) is 23.5 Å². The molecule has 31 heavy (non-hydrogen) atoms. The van der Waals surface area contributed by atoms with Crippen molar-refractivity contribution in [3.8, 4) is 11.3 Å². The predicted molar refractivity (Wildman–Crippen MR) is 106 cm³/mol. The zero-order valence-electron chi connectivity index (χ0n) is 15.9. The maximum Gasteiger partial charge on any atom is 0.416 e. The summed E-state index contributed by atoms with van der Waals surface area (Å²) in [5, 5.41) is 7.87. The number of alkyl halides is 6. The highest BCUT2D eigenvalue weighted by molar-refractivity contribution is 7.14. The Morgan fingerprint density at radius 2 is 1.65 bits per heavy atom. The second-order valence-corrected chi connectivity index (χ2v) is 7.26. The Morgan fingerprint density at radius 1 is 1.00 bits per heavy atom. The minimum Gasteiger partial charge on any atom is -0.362 e. The number of halogens is 6. The van der Waals surface area contributed by atoms with Crippen LogP contribution in [-0.2, 0) is 12.4 Å². The molecule has 3 rings (SSSR count). The number of hydrogen-bond acceptors (Lipinski definition) is 4. The van der Waals surface area contributed by atoms with Gasteiger partial charge in [-0.2, -0.15) is 26.3 Å². The van der Waals surface area contributed by atoms with E-state index >= 15 is 0 Å². The van der Waals surface area contributed by atoms with Crippen molar-refractivity contribution in [1.82, 2.24) is 4.98 Å². The van der Waals surface area contributed by atoms with E-state index < -0.39 is 35.0 Å². The lowest BCUT2D eigenvalue weighted by Crippen LogP contribution is -2.17. The van der Waals surface area contributed by atoms with Gasteiger partial charge in [0.15, 0.2) is 5.13 Å². The van der Waals surface area contributed by atoms with Crippen molar-refractivity contribution in [3.05, 3.63) is 64.5 Å². The number of benzene rings is 2. The zero-order valence-corrected chi connectivity index (χ0v) is 16.7. The van der Waals surface area contributed by atoms with Gasteiger partial charge in [0.1, 0.15) is 0 Å². The van der Waals surface area contributed by atoms with E-state index in [0.717, 1.165) is 0 Å². The summed E-state index contributed by atoms with van der Waals surface area (Å²) < 4.78 is 78.1. The molecule has 1 heterocycles. The Labute approximate surface area is 176 Å². The zero-order chi connectivity index (χ0) is 22.8. The van der Waals surface area contributed by atoms with Crippen LogP contribution in [0.3, 0.4) is 0 Å². The van der Waals surface area contributed by atoms with Gasteiger partial charge in [-0.3, -0.25) is 4.79 Å². The first-order valence-corrected chi connectivity index (χ1v) is 9.76. The number of aromatic nitrogens is 1. The Hall–Kier alpha value is -3.08. The van der Waals surface area contributed by atoms with Crippen molar-refractivity contribution in [3.63, 3.8) is 0 Å². The molecule has 2 N–H and O–H groups in total. The predicted octanol–water partition coefficient (Wildman–Crippen LogP) is 6.53. The fraction of sp³-hybridized carbons (Fsp3) is 0.200. The molecular weight excluding hydrogens is 444 g/mol. The highest BCUT2D eigenvalue weighted by Gasteiger charge is 2.37. The third-order valence-corrected chi connectivity index (χ3v) is 4.90. The number of amides is 1. The molecule has 0 saturated heterocycles. The van der Waals surface area contributed by atoms with Crippen molar-refractivity contribution in [2.75, 3.05) is 17.2 Å². The number of hydrogen-bond donors (Lipinski definition) is 2. The summed E-state index contributed by atoms with van der Waals surface area (Å²) >= 11 is 1.37. The van der Waals surface area contributed by atoms with Crippen LogP contribution in [0, 0.1) is 0 Å². The molecule has 0 bridgehead atoms. The second-order valence-electron chi connectivity index (χ2n) is 6.40. The maximum atomic E-state index is 13.0. The average molecular weight is 459 g/mol. The van der Waals surface area contributed by atoms with Gasteiger partial charge in [-0.15, -0.1) is 11.3 Å². The maximum absolute atomic E-state index is 13.0. The number of nitrogens with zero attached hydrogens (tertiary/aromatic N) is 1. The largest absolute Gasteiger partial charge is 0.416 e. The SMILES string of the molecule is CCNc1nc(-c2cccc(NC(=O)c3cc(C(F)(F)F)cc(C(F)(F)F)c3)c2)cs1. The molecule has 0 atom stereocenters. The van der Waals surface area contributed by atoms with E-state index in [-0.39, 0.29) is 11.8 Å². The first-order valence-electron chi connectivity index (χ1n) is 8.88. The lowest BCUT2D eigenvalue weighted by atomic mass is 10.0. The fourth-order valence-corrected chi connectivity index (χ4v) is 3.48. The van der Waals surface area contributed by atoms with Crippen LogP contribution in [0.25, 0.3) is 11.3 Å². The summed E-state index contributed by atoms with van der Waals surface area (Å²) in [4.78, 5) is 16.8.